The average Bonchev–Trinajstić information content (AvgIpc) is 2.53. The summed E-state index contributed by atoms with van der Waals surface area (Å²) in [6.07, 6.45) is 4.65. The van der Waals surface area contributed by atoms with Gasteiger partial charge in [-0.05, 0) is 25.9 Å². The third-order valence-electron chi connectivity index (χ3n) is 2.90. The van der Waals surface area contributed by atoms with Crippen LogP contribution in [0.2, 0.25) is 0 Å². The second kappa shape index (κ2) is 8.53. The highest BCUT2D eigenvalue weighted by Gasteiger charge is 2.11. The minimum Gasteiger partial charge on any atom is -0.355 e. The first-order chi connectivity index (χ1) is 7.83. The Hall–Kier alpha value is -0.610. The molecular formula is C12H25N3O. The van der Waals surface area contributed by atoms with Crippen molar-refractivity contribution in [3.05, 3.63) is 0 Å². The van der Waals surface area contributed by atoms with Crippen LogP contribution >= 0.6 is 0 Å². The van der Waals surface area contributed by atoms with E-state index < -0.39 is 0 Å². The smallest absolute Gasteiger partial charge is 0.234 e. The van der Waals surface area contributed by atoms with Gasteiger partial charge in [-0.3, -0.25) is 9.69 Å². The van der Waals surface area contributed by atoms with Gasteiger partial charge in [-0.25, -0.2) is 0 Å². The van der Waals surface area contributed by atoms with Gasteiger partial charge in [0.1, 0.15) is 0 Å². The molecule has 0 spiro atoms. The Morgan fingerprint density at radius 3 is 3.00 bits per heavy atom. The number of nitrogens with zero attached hydrogens (tertiary/aromatic N) is 1. The molecule has 0 bridgehead atoms. The predicted molar refractivity (Wildman–Crippen MR) is 66.5 cm³/mol. The van der Waals surface area contributed by atoms with Gasteiger partial charge in [-0.1, -0.05) is 19.8 Å². The molecule has 16 heavy (non-hydrogen) atoms. The summed E-state index contributed by atoms with van der Waals surface area (Å²) in [6, 6.07) is 0. The van der Waals surface area contributed by atoms with Gasteiger partial charge in [0.05, 0.1) is 6.54 Å². The third-order valence-corrected chi connectivity index (χ3v) is 2.90. The van der Waals surface area contributed by atoms with Crippen molar-refractivity contribution in [1.82, 2.24) is 15.5 Å². The number of hydrogen-bond donors (Lipinski definition) is 2. The van der Waals surface area contributed by atoms with Crippen LogP contribution in [-0.2, 0) is 4.79 Å². The Bertz CT molecular complexity index is 189. The molecule has 4 nitrogen and oxygen atoms in total. The first kappa shape index (κ1) is 13.5. The van der Waals surface area contributed by atoms with E-state index in [1.165, 1.54) is 12.8 Å². The summed E-state index contributed by atoms with van der Waals surface area (Å²) in [5.41, 5.74) is 0. The highest BCUT2D eigenvalue weighted by molar-refractivity contribution is 5.77. The standard InChI is InChI=1S/C12H25N3O/c1-2-3-4-7-14-12(16)11-15-9-5-6-13-8-10-15/h13H,2-11H2,1H3,(H,14,16). The Morgan fingerprint density at radius 1 is 1.31 bits per heavy atom. The fourth-order valence-corrected chi connectivity index (χ4v) is 1.92. The highest BCUT2D eigenvalue weighted by Crippen LogP contribution is 1.95. The van der Waals surface area contributed by atoms with Crippen LogP contribution in [0.1, 0.15) is 32.6 Å². The number of carbonyl (C=O) groups is 1. The first-order valence-corrected chi connectivity index (χ1v) is 6.52. The summed E-state index contributed by atoms with van der Waals surface area (Å²) >= 11 is 0. The quantitative estimate of drug-likeness (QED) is 0.653. The van der Waals surface area contributed by atoms with Crippen LogP contribution in [0.3, 0.4) is 0 Å². The van der Waals surface area contributed by atoms with Crippen LogP contribution in [0.15, 0.2) is 0 Å². The third kappa shape index (κ3) is 6.08. The van der Waals surface area contributed by atoms with Crippen molar-refractivity contribution >= 4 is 5.91 Å². The van der Waals surface area contributed by atoms with Crippen LogP contribution in [0, 0.1) is 0 Å². The van der Waals surface area contributed by atoms with Crippen molar-refractivity contribution < 1.29 is 4.79 Å². The van der Waals surface area contributed by atoms with Gasteiger partial charge in [0.15, 0.2) is 0 Å². The maximum atomic E-state index is 11.6. The molecule has 1 fully saturated rings. The van der Waals surface area contributed by atoms with Gasteiger partial charge in [-0.15, -0.1) is 0 Å². The van der Waals surface area contributed by atoms with Crippen molar-refractivity contribution in [1.29, 1.82) is 0 Å². The summed E-state index contributed by atoms with van der Waals surface area (Å²) in [7, 11) is 0. The summed E-state index contributed by atoms with van der Waals surface area (Å²) < 4.78 is 0. The molecule has 0 aromatic carbocycles. The zero-order chi connectivity index (χ0) is 11.6. The van der Waals surface area contributed by atoms with E-state index >= 15 is 0 Å². The lowest BCUT2D eigenvalue weighted by Crippen LogP contribution is -2.39. The Morgan fingerprint density at radius 2 is 2.19 bits per heavy atom. The van der Waals surface area contributed by atoms with Crippen LogP contribution in [0.25, 0.3) is 0 Å². The van der Waals surface area contributed by atoms with E-state index in [1.54, 1.807) is 0 Å². The molecule has 2 N–H and O–H groups in total. The molecule has 0 aliphatic carbocycles. The molecule has 0 radical (unpaired) electrons. The van der Waals surface area contributed by atoms with Crippen molar-refractivity contribution in [3.63, 3.8) is 0 Å². The van der Waals surface area contributed by atoms with Crippen LogP contribution in [0.5, 0.6) is 0 Å². The molecule has 0 saturated carbocycles. The molecule has 1 aliphatic rings. The molecule has 1 rings (SSSR count). The normalized spacial score (nSPS) is 18.1. The number of unbranched alkanes of at least 4 members (excludes halogenated alkanes) is 2. The molecule has 94 valence electrons. The lowest BCUT2D eigenvalue weighted by atomic mass is 10.2. The fraction of sp³-hybridized carbons (Fsp3) is 0.917. The molecule has 1 amide bonds. The largest absolute Gasteiger partial charge is 0.355 e. The Balaban J connectivity index is 2.07. The zero-order valence-electron chi connectivity index (χ0n) is 10.4. The molecule has 0 unspecified atom stereocenters. The molecule has 0 aromatic heterocycles. The Labute approximate surface area is 98.8 Å². The van der Waals surface area contributed by atoms with Gasteiger partial charge < -0.3 is 10.6 Å². The number of rotatable bonds is 6. The van der Waals surface area contributed by atoms with Crippen LogP contribution in [0.4, 0.5) is 0 Å². The maximum absolute atomic E-state index is 11.6. The zero-order valence-corrected chi connectivity index (χ0v) is 10.4. The molecular weight excluding hydrogens is 202 g/mol. The van der Waals surface area contributed by atoms with E-state index in [2.05, 4.69) is 22.5 Å². The first-order valence-electron chi connectivity index (χ1n) is 6.52. The number of nitrogens with one attached hydrogen (secondary N) is 2. The van der Waals surface area contributed by atoms with E-state index in [4.69, 9.17) is 0 Å². The maximum Gasteiger partial charge on any atom is 0.234 e. The highest BCUT2D eigenvalue weighted by atomic mass is 16.2. The van der Waals surface area contributed by atoms with Crippen molar-refractivity contribution in [3.8, 4) is 0 Å². The lowest BCUT2D eigenvalue weighted by molar-refractivity contribution is -0.122. The monoisotopic (exact) mass is 227 g/mol. The summed E-state index contributed by atoms with van der Waals surface area (Å²) in [6.45, 7) is 7.67. The van der Waals surface area contributed by atoms with Gasteiger partial charge in [0.2, 0.25) is 5.91 Å². The second-order valence-corrected chi connectivity index (χ2v) is 4.44. The summed E-state index contributed by atoms with van der Waals surface area (Å²) in [4.78, 5) is 13.8. The topological polar surface area (TPSA) is 44.4 Å². The molecule has 1 saturated heterocycles. The predicted octanol–water partition coefficient (Wildman–Crippen LogP) is 0.588. The van der Waals surface area contributed by atoms with E-state index in [1.807, 2.05) is 0 Å². The fourth-order valence-electron chi connectivity index (χ4n) is 1.92. The summed E-state index contributed by atoms with van der Waals surface area (Å²) in [5, 5.41) is 6.32. The number of amides is 1. The molecule has 1 heterocycles. The second-order valence-electron chi connectivity index (χ2n) is 4.44. The van der Waals surface area contributed by atoms with Crippen molar-refractivity contribution in [2.45, 2.75) is 32.6 Å². The Kier molecular flexibility index (Phi) is 7.17. The van der Waals surface area contributed by atoms with E-state index in [0.29, 0.717) is 6.54 Å². The van der Waals surface area contributed by atoms with Crippen molar-refractivity contribution in [2.75, 3.05) is 39.3 Å². The van der Waals surface area contributed by atoms with Crippen LogP contribution in [-0.4, -0.2) is 50.1 Å². The molecule has 0 atom stereocenters. The van der Waals surface area contributed by atoms with Crippen LogP contribution < -0.4 is 10.6 Å². The average molecular weight is 227 g/mol. The SMILES string of the molecule is CCCCCNC(=O)CN1CCCNCC1. The molecule has 1 aliphatic heterocycles. The molecule has 4 heteroatoms. The number of carbonyl (C=O) groups excluding carboxylic acids is 1. The summed E-state index contributed by atoms with van der Waals surface area (Å²) in [5.74, 6) is 0.179. The van der Waals surface area contributed by atoms with E-state index in [9.17, 15) is 4.79 Å². The van der Waals surface area contributed by atoms with Gasteiger partial charge in [0.25, 0.3) is 0 Å². The lowest BCUT2D eigenvalue weighted by Gasteiger charge is -2.18. The van der Waals surface area contributed by atoms with E-state index in [0.717, 1.165) is 45.6 Å². The molecule has 0 aromatic rings. The van der Waals surface area contributed by atoms with Gasteiger partial charge in [-0.2, -0.15) is 0 Å². The minimum atomic E-state index is 0.179. The number of hydrogen-bond acceptors (Lipinski definition) is 3. The van der Waals surface area contributed by atoms with Gasteiger partial charge >= 0.3 is 0 Å². The van der Waals surface area contributed by atoms with E-state index in [-0.39, 0.29) is 5.91 Å². The van der Waals surface area contributed by atoms with Crippen molar-refractivity contribution in [2.24, 2.45) is 0 Å². The van der Waals surface area contributed by atoms with Gasteiger partial charge in [0, 0.05) is 19.6 Å². The minimum absolute atomic E-state index is 0.179.